The molecule has 0 aliphatic rings. The molecule has 2 aromatic carbocycles. The molecule has 1 unspecified atom stereocenters. The van der Waals surface area contributed by atoms with Gasteiger partial charge in [0.1, 0.15) is 0 Å². The summed E-state index contributed by atoms with van der Waals surface area (Å²) in [6.45, 7) is 2.92. The zero-order valence-electron chi connectivity index (χ0n) is 10.5. The maximum absolute atomic E-state index is 6.30. The van der Waals surface area contributed by atoms with Crippen LogP contribution in [-0.2, 0) is 0 Å². The lowest BCUT2D eigenvalue weighted by molar-refractivity contribution is 0.631. The van der Waals surface area contributed by atoms with Gasteiger partial charge in [-0.1, -0.05) is 58.2 Å². The first-order valence-electron chi connectivity index (χ1n) is 6.05. The molecule has 100 valence electrons. The van der Waals surface area contributed by atoms with Crippen molar-refractivity contribution in [2.24, 2.45) is 0 Å². The lowest BCUT2D eigenvalue weighted by Gasteiger charge is -2.20. The monoisotopic (exact) mass is 357 g/mol. The van der Waals surface area contributed by atoms with E-state index in [9.17, 15) is 0 Å². The second kappa shape index (κ2) is 6.76. The fraction of sp³-hybridized carbons (Fsp3) is 0.200. The molecule has 19 heavy (non-hydrogen) atoms. The van der Waals surface area contributed by atoms with E-state index in [1.54, 1.807) is 6.07 Å². The van der Waals surface area contributed by atoms with Crippen LogP contribution in [0.3, 0.4) is 0 Å². The van der Waals surface area contributed by atoms with Crippen LogP contribution in [0.2, 0.25) is 10.0 Å². The van der Waals surface area contributed by atoms with Crippen LogP contribution in [0.25, 0.3) is 0 Å². The first-order valence-corrected chi connectivity index (χ1v) is 7.60. The topological polar surface area (TPSA) is 12.0 Å². The molecule has 2 rings (SSSR count). The Balaban J connectivity index is 2.44. The fourth-order valence-corrected chi connectivity index (χ4v) is 2.67. The second-order valence-electron chi connectivity index (χ2n) is 4.21. The summed E-state index contributed by atoms with van der Waals surface area (Å²) in [5, 5.41) is 4.86. The summed E-state index contributed by atoms with van der Waals surface area (Å²) >= 11 is 15.8. The van der Waals surface area contributed by atoms with E-state index in [0.29, 0.717) is 5.02 Å². The van der Waals surface area contributed by atoms with Crippen molar-refractivity contribution in [3.05, 3.63) is 68.1 Å². The smallest absolute Gasteiger partial charge is 0.0591 e. The van der Waals surface area contributed by atoms with Crippen molar-refractivity contribution in [3.63, 3.8) is 0 Å². The third-order valence-electron chi connectivity index (χ3n) is 2.88. The van der Waals surface area contributed by atoms with E-state index in [4.69, 9.17) is 23.2 Å². The van der Waals surface area contributed by atoms with E-state index in [-0.39, 0.29) is 6.04 Å². The quantitative estimate of drug-likeness (QED) is 0.765. The van der Waals surface area contributed by atoms with Gasteiger partial charge in [0.2, 0.25) is 0 Å². The van der Waals surface area contributed by atoms with E-state index in [0.717, 1.165) is 27.2 Å². The summed E-state index contributed by atoms with van der Waals surface area (Å²) in [5.74, 6) is 0. The number of benzene rings is 2. The number of hydrogen-bond donors (Lipinski definition) is 1. The van der Waals surface area contributed by atoms with Crippen LogP contribution in [0.15, 0.2) is 46.9 Å². The van der Waals surface area contributed by atoms with E-state index >= 15 is 0 Å². The normalized spacial score (nSPS) is 12.4. The Kier molecular flexibility index (Phi) is 5.28. The van der Waals surface area contributed by atoms with Crippen LogP contribution >= 0.6 is 39.1 Å². The molecule has 0 aromatic heterocycles. The Bertz CT molecular complexity index is 555. The highest BCUT2D eigenvalue weighted by Crippen LogP contribution is 2.31. The van der Waals surface area contributed by atoms with E-state index < -0.39 is 0 Å². The van der Waals surface area contributed by atoms with Gasteiger partial charge in [-0.3, -0.25) is 0 Å². The Hall–Kier alpha value is -0.540. The lowest BCUT2D eigenvalue weighted by Crippen LogP contribution is -2.22. The van der Waals surface area contributed by atoms with Crippen molar-refractivity contribution in [3.8, 4) is 0 Å². The molecule has 0 spiro atoms. The van der Waals surface area contributed by atoms with E-state index in [1.165, 1.54) is 0 Å². The molecule has 0 aliphatic heterocycles. The van der Waals surface area contributed by atoms with Crippen LogP contribution in [-0.4, -0.2) is 6.54 Å². The highest BCUT2D eigenvalue weighted by Gasteiger charge is 2.16. The average Bonchev–Trinajstić information content (AvgIpc) is 2.40. The molecule has 1 atom stereocenters. The molecular formula is C15H14BrCl2N. The molecule has 0 fully saturated rings. The lowest BCUT2D eigenvalue weighted by atomic mass is 9.98. The molecule has 0 bridgehead atoms. The molecule has 1 nitrogen and oxygen atoms in total. The van der Waals surface area contributed by atoms with Gasteiger partial charge in [-0.2, -0.15) is 0 Å². The third-order valence-corrected chi connectivity index (χ3v) is 3.99. The minimum atomic E-state index is 0.0456. The molecule has 0 saturated heterocycles. The van der Waals surface area contributed by atoms with Crippen LogP contribution < -0.4 is 5.32 Å². The molecule has 4 heteroatoms. The zero-order chi connectivity index (χ0) is 13.8. The molecule has 0 radical (unpaired) electrons. The highest BCUT2D eigenvalue weighted by molar-refractivity contribution is 9.10. The predicted octanol–water partition coefficient (Wildman–Crippen LogP) is 5.45. The molecule has 0 heterocycles. The minimum Gasteiger partial charge on any atom is -0.306 e. The Morgan fingerprint density at radius 1 is 1.11 bits per heavy atom. The molecule has 2 aromatic rings. The number of hydrogen-bond acceptors (Lipinski definition) is 1. The average molecular weight is 359 g/mol. The van der Waals surface area contributed by atoms with E-state index in [1.807, 2.05) is 24.3 Å². The standard InChI is InChI=1S/C15H14BrCl2N/c1-2-19-15(10-3-5-11(16)6-4-10)13-9-12(17)7-8-14(13)18/h3-9,15,19H,2H2,1H3. The number of rotatable bonds is 4. The summed E-state index contributed by atoms with van der Waals surface area (Å²) in [7, 11) is 0. The van der Waals surface area contributed by atoms with E-state index in [2.05, 4.69) is 40.3 Å². The summed E-state index contributed by atoms with van der Waals surface area (Å²) in [5.41, 5.74) is 2.16. The Morgan fingerprint density at radius 2 is 1.79 bits per heavy atom. The van der Waals surface area contributed by atoms with Gasteiger partial charge in [0.05, 0.1) is 6.04 Å². The Labute approximate surface area is 132 Å². The predicted molar refractivity (Wildman–Crippen MR) is 86.1 cm³/mol. The zero-order valence-corrected chi connectivity index (χ0v) is 13.6. The SMILES string of the molecule is CCNC(c1ccc(Br)cc1)c1cc(Cl)ccc1Cl. The summed E-state index contributed by atoms with van der Waals surface area (Å²) in [4.78, 5) is 0. The van der Waals surface area contributed by atoms with Crippen molar-refractivity contribution in [2.45, 2.75) is 13.0 Å². The molecule has 0 amide bonds. The number of halogens is 3. The van der Waals surface area contributed by atoms with Gasteiger partial charge in [-0.15, -0.1) is 0 Å². The molecule has 0 saturated carbocycles. The minimum absolute atomic E-state index is 0.0456. The van der Waals surface area contributed by atoms with Gasteiger partial charge in [0.15, 0.2) is 0 Å². The number of nitrogens with one attached hydrogen (secondary N) is 1. The van der Waals surface area contributed by atoms with Crippen molar-refractivity contribution < 1.29 is 0 Å². The molecular weight excluding hydrogens is 345 g/mol. The van der Waals surface area contributed by atoms with Crippen molar-refractivity contribution in [2.75, 3.05) is 6.54 Å². The largest absolute Gasteiger partial charge is 0.306 e. The first kappa shape index (κ1) is 14.9. The summed E-state index contributed by atoms with van der Waals surface area (Å²) < 4.78 is 1.06. The van der Waals surface area contributed by atoms with Crippen molar-refractivity contribution >= 4 is 39.1 Å². The van der Waals surface area contributed by atoms with Gasteiger partial charge < -0.3 is 5.32 Å². The van der Waals surface area contributed by atoms with Gasteiger partial charge in [0.25, 0.3) is 0 Å². The van der Waals surface area contributed by atoms with Crippen molar-refractivity contribution in [1.29, 1.82) is 0 Å². The Morgan fingerprint density at radius 3 is 2.42 bits per heavy atom. The third kappa shape index (κ3) is 3.73. The maximum atomic E-state index is 6.30. The van der Waals surface area contributed by atoms with Crippen LogP contribution in [0.5, 0.6) is 0 Å². The van der Waals surface area contributed by atoms with Gasteiger partial charge >= 0.3 is 0 Å². The van der Waals surface area contributed by atoms with Gasteiger partial charge in [0, 0.05) is 14.5 Å². The maximum Gasteiger partial charge on any atom is 0.0591 e. The van der Waals surface area contributed by atoms with Gasteiger partial charge in [-0.25, -0.2) is 0 Å². The first-order chi connectivity index (χ1) is 9.11. The van der Waals surface area contributed by atoms with Gasteiger partial charge in [-0.05, 0) is 48.0 Å². The fourth-order valence-electron chi connectivity index (χ4n) is 2.00. The molecule has 0 aliphatic carbocycles. The summed E-state index contributed by atoms with van der Waals surface area (Å²) in [6.07, 6.45) is 0. The van der Waals surface area contributed by atoms with Crippen molar-refractivity contribution in [1.82, 2.24) is 5.32 Å². The molecule has 1 N–H and O–H groups in total. The van der Waals surface area contributed by atoms with Crippen LogP contribution in [0, 0.1) is 0 Å². The van der Waals surface area contributed by atoms with Crippen LogP contribution in [0.4, 0.5) is 0 Å². The highest BCUT2D eigenvalue weighted by atomic mass is 79.9. The summed E-state index contributed by atoms with van der Waals surface area (Å²) in [6, 6.07) is 13.8. The van der Waals surface area contributed by atoms with Crippen LogP contribution in [0.1, 0.15) is 24.1 Å². The second-order valence-corrected chi connectivity index (χ2v) is 5.97.